The van der Waals surface area contributed by atoms with E-state index in [0.29, 0.717) is 37.1 Å². The van der Waals surface area contributed by atoms with E-state index in [9.17, 15) is 9.59 Å². The first-order valence-electron chi connectivity index (χ1n) is 8.57. The fourth-order valence-electron chi connectivity index (χ4n) is 2.86. The molecular formula is C20H24N2O4. The quantitative estimate of drug-likeness (QED) is 0.510. The molecule has 0 atom stereocenters. The Morgan fingerprint density at radius 1 is 0.731 bits per heavy atom. The Morgan fingerprint density at radius 3 is 1.46 bits per heavy atom. The third-order valence-corrected chi connectivity index (χ3v) is 4.29. The Morgan fingerprint density at radius 2 is 1.12 bits per heavy atom. The number of benzene rings is 2. The summed E-state index contributed by atoms with van der Waals surface area (Å²) in [6.07, 6.45) is 2.49. The van der Waals surface area contributed by atoms with Gasteiger partial charge in [-0.1, -0.05) is 12.1 Å². The topological polar surface area (TPSA) is 127 Å². The van der Waals surface area contributed by atoms with Crippen LogP contribution in [-0.2, 0) is 22.4 Å². The third kappa shape index (κ3) is 5.51. The number of aliphatic carboxylic acids is 2. The van der Waals surface area contributed by atoms with E-state index in [1.807, 2.05) is 36.4 Å². The highest BCUT2D eigenvalue weighted by Crippen LogP contribution is 2.28. The van der Waals surface area contributed by atoms with Crippen LogP contribution in [0.1, 0.15) is 36.8 Å². The Labute approximate surface area is 152 Å². The van der Waals surface area contributed by atoms with E-state index in [1.165, 1.54) is 0 Å². The van der Waals surface area contributed by atoms with Gasteiger partial charge in [-0.3, -0.25) is 9.59 Å². The Hall–Kier alpha value is -3.02. The lowest BCUT2D eigenvalue weighted by atomic mass is 9.96. The molecule has 6 heteroatoms. The van der Waals surface area contributed by atoms with Crippen LogP contribution in [0.15, 0.2) is 36.4 Å². The van der Waals surface area contributed by atoms with Crippen molar-refractivity contribution in [3.8, 4) is 11.1 Å². The number of rotatable bonds is 9. The molecule has 6 N–H and O–H groups in total. The smallest absolute Gasteiger partial charge is 0.303 e. The molecule has 2 aromatic rings. The molecule has 2 aromatic carbocycles. The molecule has 0 heterocycles. The summed E-state index contributed by atoms with van der Waals surface area (Å²) in [7, 11) is 0. The number of carbonyl (C=O) groups is 2. The largest absolute Gasteiger partial charge is 0.481 e. The fourth-order valence-corrected chi connectivity index (χ4v) is 2.86. The van der Waals surface area contributed by atoms with Crippen LogP contribution >= 0.6 is 0 Å². The zero-order valence-corrected chi connectivity index (χ0v) is 14.6. The van der Waals surface area contributed by atoms with Crippen LogP contribution in [0, 0.1) is 0 Å². The second kappa shape index (κ2) is 8.89. The van der Waals surface area contributed by atoms with Gasteiger partial charge in [-0.15, -0.1) is 0 Å². The van der Waals surface area contributed by atoms with Crippen LogP contribution in [0.25, 0.3) is 11.1 Å². The predicted molar refractivity (Wildman–Crippen MR) is 102 cm³/mol. The molecule has 0 aliphatic heterocycles. The second-order valence-corrected chi connectivity index (χ2v) is 6.32. The summed E-state index contributed by atoms with van der Waals surface area (Å²) in [6, 6.07) is 11.4. The van der Waals surface area contributed by atoms with E-state index in [-0.39, 0.29) is 12.8 Å². The van der Waals surface area contributed by atoms with Crippen LogP contribution in [0.5, 0.6) is 0 Å². The zero-order valence-electron chi connectivity index (χ0n) is 14.6. The summed E-state index contributed by atoms with van der Waals surface area (Å²) in [5.74, 6) is -1.63. The molecule has 26 heavy (non-hydrogen) atoms. The normalized spacial score (nSPS) is 10.6. The van der Waals surface area contributed by atoms with Crippen molar-refractivity contribution in [3.05, 3.63) is 47.5 Å². The maximum absolute atomic E-state index is 10.7. The van der Waals surface area contributed by atoms with E-state index in [0.717, 1.165) is 22.3 Å². The zero-order chi connectivity index (χ0) is 19.1. The Kier molecular flexibility index (Phi) is 6.60. The summed E-state index contributed by atoms with van der Waals surface area (Å²) in [5, 5.41) is 17.6. The summed E-state index contributed by atoms with van der Waals surface area (Å²) in [5.41, 5.74) is 17.1. The molecule has 0 bridgehead atoms. The van der Waals surface area contributed by atoms with Gasteiger partial charge in [0.25, 0.3) is 0 Å². The van der Waals surface area contributed by atoms with E-state index in [4.69, 9.17) is 21.7 Å². The maximum Gasteiger partial charge on any atom is 0.303 e. The average Bonchev–Trinajstić information content (AvgIpc) is 2.57. The van der Waals surface area contributed by atoms with Crippen molar-refractivity contribution < 1.29 is 19.8 Å². The fraction of sp³-hybridized carbons (Fsp3) is 0.300. The lowest BCUT2D eigenvalue weighted by Crippen LogP contribution is -2.00. The van der Waals surface area contributed by atoms with Crippen molar-refractivity contribution in [2.24, 2.45) is 0 Å². The molecule has 138 valence electrons. The lowest BCUT2D eigenvalue weighted by molar-refractivity contribution is -0.138. The number of carboxylic acid groups (broad SMARTS) is 2. The third-order valence-electron chi connectivity index (χ3n) is 4.29. The van der Waals surface area contributed by atoms with E-state index >= 15 is 0 Å². The molecule has 0 saturated carbocycles. The highest BCUT2D eigenvalue weighted by Gasteiger charge is 2.08. The van der Waals surface area contributed by atoms with E-state index in [2.05, 4.69) is 0 Å². The number of nitrogen functional groups attached to an aromatic ring is 2. The molecule has 2 rings (SSSR count). The minimum atomic E-state index is -0.815. The van der Waals surface area contributed by atoms with Gasteiger partial charge in [0.05, 0.1) is 0 Å². The molecule has 0 radical (unpaired) electrons. The van der Waals surface area contributed by atoms with Crippen LogP contribution < -0.4 is 11.5 Å². The average molecular weight is 356 g/mol. The second-order valence-electron chi connectivity index (χ2n) is 6.32. The van der Waals surface area contributed by atoms with Crippen LogP contribution in [0.2, 0.25) is 0 Å². The van der Waals surface area contributed by atoms with Gasteiger partial charge in [0.2, 0.25) is 0 Å². The van der Waals surface area contributed by atoms with Crippen LogP contribution in [-0.4, -0.2) is 22.2 Å². The monoisotopic (exact) mass is 356 g/mol. The summed E-state index contributed by atoms with van der Waals surface area (Å²) >= 11 is 0. The first-order chi connectivity index (χ1) is 12.4. The molecule has 0 saturated heterocycles. The molecule has 0 aromatic heterocycles. The molecule has 0 fully saturated rings. The number of hydrogen-bond acceptors (Lipinski definition) is 4. The van der Waals surface area contributed by atoms with Crippen molar-refractivity contribution >= 4 is 23.3 Å². The Balaban J connectivity index is 2.19. The summed E-state index contributed by atoms with van der Waals surface area (Å²) in [6.45, 7) is 0. The van der Waals surface area contributed by atoms with Gasteiger partial charge in [0.15, 0.2) is 0 Å². The minimum Gasteiger partial charge on any atom is -0.481 e. The van der Waals surface area contributed by atoms with Gasteiger partial charge >= 0.3 is 11.9 Å². The number of anilines is 2. The van der Waals surface area contributed by atoms with Gasteiger partial charge in [0.1, 0.15) is 0 Å². The number of carboxylic acids is 2. The van der Waals surface area contributed by atoms with Gasteiger partial charge < -0.3 is 21.7 Å². The van der Waals surface area contributed by atoms with E-state index < -0.39 is 11.9 Å². The minimum absolute atomic E-state index is 0.110. The molecule has 0 aliphatic rings. The first kappa shape index (κ1) is 19.3. The van der Waals surface area contributed by atoms with Crippen LogP contribution in [0.3, 0.4) is 0 Å². The predicted octanol–water partition coefficient (Wildman–Crippen LogP) is 3.33. The molecule has 0 spiro atoms. The number of nitrogens with two attached hydrogens (primary N) is 2. The number of hydrogen-bond donors (Lipinski definition) is 4. The highest BCUT2D eigenvalue weighted by molar-refractivity contribution is 5.71. The Bertz CT molecular complexity index is 735. The van der Waals surface area contributed by atoms with Gasteiger partial charge in [0, 0.05) is 24.2 Å². The SMILES string of the molecule is Nc1ccc(-c2ccc(N)c(CCCC(=O)O)c2)cc1CCCC(=O)O. The number of aryl methyl sites for hydroxylation is 2. The van der Waals surface area contributed by atoms with Crippen LogP contribution in [0.4, 0.5) is 11.4 Å². The van der Waals surface area contributed by atoms with Crippen molar-refractivity contribution in [2.45, 2.75) is 38.5 Å². The molecule has 6 nitrogen and oxygen atoms in total. The van der Waals surface area contributed by atoms with Crippen molar-refractivity contribution in [1.82, 2.24) is 0 Å². The summed E-state index contributed by atoms with van der Waals surface area (Å²) in [4.78, 5) is 21.4. The summed E-state index contributed by atoms with van der Waals surface area (Å²) < 4.78 is 0. The molecular weight excluding hydrogens is 332 g/mol. The molecule has 0 aliphatic carbocycles. The van der Waals surface area contributed by atoms with Crippen molar-refractivity contribution in [1.29, 1.82) is 0 Å². The van der Waals surface area contributed by atoms with E-state index in [1.54, 1.807) is 0 Å². The molecule has 0 amide bonds. The molecule has 0 unspecified atom stereocenters. The first-order valence-corrected chi connectivity index (χ1v) is 8.57. The van der Waals surface area contributed by atoms with Gasteiger partial charge in [-0.05, 0) is 72.2 Å². The van der Waals surface area contributed by atoms with Crippen molar-refractivity contribution in [2.75, 3.05) is 11.5 Å². The van der Waals surface area contributed by atoms with Gasteiger partial charge in [-0.2, -0.15) is 0 Å². The van der Waals surface area contributed by atoms with Crippen molar-refractivity contribution in [3.63, 3.8) is 0 Å². The standard InChI is InChI=1S/C20H24N2O4/c21-17-9-7-13(11-15(17)3-1-5-19(23)24)14-8-10-18(22)16(12-14)4-2-6-20(25)26/h7-12H,1-6,21-22H2,(H,23,24)(H,25,26). The lowest BCUT2D eigenvalue weighted by Gasteiger charge is -2.11. The van der Waals surface area contributed by atoms with Gasteiger partial charge in [-0.25, -0.2) is 0 Å². The maximum atomic E-state index is 10.7. The highest BCUT2D eigenvalue weighted by atomic mass is 16.4.